The second-order valence-corrected chi connectivity index (χ2v) is 10.6. The van der Waals surface area contributed by atoms with E-state index in [-0.39, 0.29) is 17.1 Å². The highest BCUT2D eigenvalue weighted by Crippen LogP contribution is 2.46. The summed E-state index contributed by atoms with van der Waals surface area (Å²) in [5.74, 6) is -1.66. The molecule has 0 spiro atoms. The first-order chi connectivity index (χ1) is 20.5. The highest BCUT2D eigenvalue weighted by Gasteiger charge is 2.51. The van der Waals surface area contributed by atoms with E-state index in [1.807, 2.05) is 145 Å². The van der Waals surface area contributed by atoms with Gasteiger partial charge in [0.2, 0.25) is 11.4 Å². The van der Waals surface area contributed by atoms with Gasteiger partial charge in [0.1, 0.15) is 5.92 Å². The highest BCUT2D eigenvalue weighted by atomic mass is 16.3. The SMILES string of the molecule is CC1=N[N+](c2ccccc2)=C(c2ccccc2)C1C1C(=O)C(c2c(C)nn(-c3ccccc3)c2-c2ccccc2)=C1[O-]. The van der Waals surface area contributed by atoms with Gasteiger partial charge in [-0.05, 0) is 47.9 Å². The van der Waals surface area contributed by atoms with E-state index in [9.17, 15) is 9.90 Å². The van der Waals surface area contributed by atoms with E-state index in [0.29, 0.717) is 11.3 Å². The zero-order valence-electron chi connectivity index (χ0n) is 23.3. The van der Waals surface area contributed by atoms with Gasteiger partial charge in [0.15, 0.2) is 5.78 Å². The zero-order chi connectivity index (χ0) is 28.8. The number of carbonyl (C=O) groups is 1. The second kappa shape index (κ2) is 10.2. The number of rotatable bonds is 6. The molecule has 0 bridgehead atoms. The Balaban J connectivity index is 1.40. The van der Waals surface area contributed by atoms with E-state index in [0.717, 1.165) is 39.6 Å². The largest absolute Gasteiger partial charge is 0.874 e. The molecule has 204 valence electrons. The van der Waals surface area contributed by atoms with Crippen molar-refractivity contribution >= 4 is 28.5 Å². The van der Waals surface area contributed by atoms with Crippen LogP contribution in [0.25, 0.3) is 22.5 Å². The molecular formula is C36H28N4O2. The van der Waals surface area contributed by atoms with Crippen molar-refractivity contribution in [3.8, 4) is 16.9 Å². The summed E-state index contributed by atoms with van der Waals surface area (Å²) in [6.45, 7) is 3.77. The predicted octanol–water partition coefficient (Wildman–Crippen LogP) is 5.96. The molecule has 0 amide bonds. The quantitative estimate of drug-likeness (QED) is 0.246. The maximum atomic E-state index is 14.2. The molecule has 2 heterocycles. The van der Waals surface area contributed by atoms with Crippen molar-refractivity contribution in [3.05, 3.63) is 144 Å². The van der Waals surface area contributed by atoms with Gasteiger partial charge in [-0.3, -0.25) is 4.79 Å². The summed E-state index contributed by atoms with van der Waals surface area (Å²) in [4.78, 5) is 14.2. The van der Waals surface area contributed by atoms with Gasteiger partial charge < -0.3 is 5.11 Å². The lowest BCUT2D eigenvalue weighted by atomic mass is 9.68. The maximum absolute atomic E-state index is 14.2. The first-order valence-corrected chi connectivity index (χ1v) is 14.0. The third-order valence-electron chi connectivity index (χ3n) is 8.05. The fraction of sp³-hybridized carbons (Fsp3) is 0.111. The van der Waals surface area contributed by atoms with Gasteiger partial charge in [-0.2, -0.15) is 5.10 Å². The molecule has 6 heteroatoms. The van der Waals surface area contributed by atoms with Gasteiger partial charge in [-0.1, -0.05) is 84.9 Å². The Morgan fingerprint density at radius 1 is 0.714 bits per heavy atom. The van der Waals surface area contributed by atoms with Crippen molar-refractivity contribution in [3.63, 3.8) is 0 Å². The molecule has 2 atom stereocenters. The van der Waals surface area contributed by atoms with E-state index in [1.165, 1.54) is 0 Å². The molecule has 1 aliphatic carbocycles. The minimum Gasteiger partial charge on any atom is -0.874 e. The molecule has 2 aliphatic rings. The number of para-hydroxylation sites is 2. The number of aromatic nitrogens is 2. The molecule has 0 fully saturated rings. The molecule has 0 saturated carbocycles. The smallest absolute Gasteiger partial charge is 0.238 e. The average Bonchev–Trinajstić information content (AvgIpc) is 3.55. The van der Waals surface area contributed by atoms with Crippen LogP contribution in [0.2, 0.25) is 0 Å². The minimum absolute atomic E-state index is 0.171. The van der Waals surface area contributed by atoms with Crippen molar-refractivity contribution in [2.45, 2.75) is 13.8 Å². The molecule has 42 heavy (non-hydrogen) atoms. The normalized spacial score (nSPS) is 18.3. The topological polar surface area (TPSA) is 73.3 Å². The first-order valence-electron chi connectivity index (χ1n) is 14.0. The molecule has 5 aromatic rings. The van der Waals surface area contributed by atoms with Crippen LogP contribution in [0, 0.1) is 18.8 Å². The number of nitrogens with zero attached hydrogens (tertiary/aromatic N) is 4. The lowest BCUT2D eigenvalue weighted by Gasteiger charge is -2.39. The monoisotopic (exact) mass is 548 g/mol. The van der Waals surface area contributed by atoms with Crippen LogP contribution in [0.3, 0.4) is 0 Å². The number of ketones is 1. The first kappa shape index (κ1) is 25.6. The second-order valence-electron chi connectivity index (χ2n) is 10.6. The van der Waals surface area contributed by atoms with Gasteiger partial charge in [0, 0.05) is 34.4 Å². The van der Waals surface area contributed by atoms with Crippen LogP contribution in [0.1, 0.15) is 23.7 Å². The summed E-state index contributed by atoms with van der Waals surface area (Å²) in [5.41, 5.74) is 7.34. The molecule has 1 aromatic heterocycles. The van der Waals surface area contributed by atoms with Crippen LogP contribution < -0.4 is 5.11 Å². The number of aryl methyl sites for hydroxylation is 1. The number of hydrogen-bond donors (Lipinski definition) is 0. The number of carbonyl (C=O) groups excluding carboxylic acids is 1. The highest BCUT2D eigenvalue weighted by molar-refractivity contribution is 6.34. The standard InChI is InChI=1S/C36H28N4O2/c1-23-29(33(25-15-7-3-8-16-25)39(37-23)27-19-11-5-12-20-27)31-35(41)32(36(31)42)30-24(2)38-40(28-21-13-6-14-22-28)34(30)26-17-9-4-10-18-26/h3-22,29,31H,1-2H3. The van der Waals surface area contributed by atoms with Crippen molar-refractivity contribution in [2.75, 3.05) is 0 Å². The predicted molar refractivity (Wildman–Crippen MR) is 163 cm³/mol. The Hall–Kier alpha value is -5.36. The third-order valence-corrected chi connectivity index (χ3v) is 8.05. The van der Waals surface area contributed by atoms with Gasteiger partial charge in [-0.25, -0.2) is 4.68 Å². The van der Waals surface area contributed by atoms with Crippen LogP contribution in [0.4, 0.5) is 5.69 Å². The summed E-state index contributed by atoms with van der Waals surface area (Å²) < 4.78 is 3.71. The third kappa shape index (κ3) is 4.03. The van der Waals surface area contributed by atoms with Gasteiger partial charge >= 0.3 is 0 Å². The molecular weight excluding hydrogens is 520 g/mol. The van der Waals surface area contributed by atoms with E-state index in [4.69, 9.17) is 10.2 Å². The number of hydrazone groups is 1. The summed E-state index contributed by atoms with van der Waals surface area (Å²) in [5, 5.41) is 23.9. The Morgan fingerprint density at radius 2 is 1.26 bits per heavy atom. The molecule has 7 rings (SSSR count). The van der Waals surface area contributed by atoms with Crippen LogP contribution in [0.15, 0.2) is 132 Å². The molecule has 0 N–H and O–H groups in total. The molecule has 0 saturated heterocycles. The molecule has 4 aromatic carbocycles. The Labute approximate surface area is 244 Å². The molecule has 6 nitrogen and oxygen atoms in total. The summed E-state index contributed by atoms with van der Waals surface area (Å²) in [6.07, 6.45) is 0. The zero-order valence-corrected chi connectivity index (χ0v) is 23.3. The summed E-state index contributed by atoms with van der Waals surface area (Å²) in [6, 6.07) is 39.3. The van der Waals surface area contributed by atoms with Crippen molar-refractivity contribution in [1.29, 1.82) is 0 Å². The van der Waals surface area contributed by atoms with Gasteiger partial charge in [0.05, 0.1) is 28.7 Å². The van der Waals surface area contributed by atoms with E-state index in [1.54, 1.807) is 0 Å². The van der Waals surface area contributed by atoms with E-state index < -0.39 is 11.8 Å². The summed E-state index contributed by atoms with van der Waals surface area (Å²) in [7, 11) is 0. The Morgan fingerprint density at radius 3 is 1.86 bits per heavy atom. The number of benzene rings is 4. The Kier molecular flexibility index (Phi) is 6.24. The fourth-order valence-corrected chi connectivity index (χ4v) is 6.15. The Bertz CT molecular complexity index is 1910. The van der Waals surface area contributed by atoms with E-state index >= 15 is 0 Å². The van der Waals surface area contributed by atoms with Crippen molar-refractivity contribution in [1.82, 2.24) is 9.78 Å². The van der Waals surface area contributed by atoms with E-state index in [2.05, 4.69) is 0 Å². The molecule has 0 radical (unpaired) electrons. The molecule has 1 aliphatic heterocycles. The number of allylic oxidation sites excluding steroid dienone is 2. The fourth-order valence-electron chi connectivity index (χ4n) is 6.15. The van der Waals surface area contributed by atoms with Crippen LogP contribution >= 0.6 is 0 Å². The summed E-state index contributed by atoms with van der Waals surface area (Å²) >= 11 is 0. The van der Waals surface area contributed by atoms with Crippen molar-refractivity contribution in [2.24, 2.45) is 16.9 Å². The van der Waals surface area contributed by atoms with Gasteiger partial charge in [0.25, 0.3) is 0 Å². The molecule has 2 unspecified atom stereocenters. The average molecular weight is 549 g/mol. The van der Waals surface area contributed by atoms with Gasteiger partial charge in [-0.15, -0.1) is 5.76 Å². The maximum Gasteiger partial charge on any atom is 0.238 e. The lowest BCUT2D eigenvalue weighted by Crippen LogP contribution is -2.46. The van der Waals surface area contributed by atoms with Crippen LogP contribution in [0.5, 0.6) is 0 Å². The number of hydrogen-bond acceptors (Lipinski definition) is 4. The van der Waals surface area contributed by atoms with Crippen LogP contribution in [-0.4, -0.2) is 31.7 Å². The number of Topliss-reactive ketones (excluding diaryl/α,β-unsaturated/α-hetero) is 1. The van der Waals surface area contributed by atoms with Crippen molar-refractivity contribution < 1.29 is 14.6 Å². The lowest BCUT2D eigenvalue weighted by molar-refractivity contribution is -0.442. The van der Waals surface area contributed by atoms with Crippen LogP contribution in [-0.2, 0) is 4.79 Å². The minimum atomic E-state index is -0.851.